The van der Waals surface area contributed by atoms with E-state index in [1.807, 2.05) is 0 Å². The molecule has 0 aromatic carbocycles. The molecular formula is C14H29N3. The molecule has 2 fully saturated rings. The maximum absolute atomic E-state index is 6.22. The van der Waals surface area contributed by atoms with Crippen LogP contribution in [0.3, 0.4) is 0 Å². The number of rotatable bonds is 2. The lowest BCUT2D eigenvalue weighted by Crippen LogP contribution is -2.67. The summed E-state index contributed by atoms with van der Waals surface area (Å²) < 4.78 is 0. The van der Waals surface area contributed by atoms with Crippen molar-refractivity contribution < 1.29 is 0 Å². The molecule has 17 heavy (non-hydrogen) atoms. The first-order chi connectivity index (χ1) is 8.02. The highest BCUT2D eigenvalue weighted by molar-refractivity contribution is 5.05. The minimum atomic E-state index is 0.256. The van der Waals surface area contributed by atoms with E-state index in [1.165, 1.54) is 51.9 Å². The summed E-state index contributed by atoms with van der Waals surface area (Å²) in [4.78, 5) is 5.13. The molecule has 0 spiro atoms. The number of nitrogens with two attached hydrogens (primary N) is 1. The van der Waals surface area contributed by atoms with E-state index < -0.39 is 0 Å². The van der Waals surface area contributed by atoms with Gasteiger partial charge in [-0.1, -0.05) is 26.7 Å². The first kappa shape index (κ1) is 13.3. The third kappa shape index (κ3) is 2.25. The van der Waals surface area contributed by atoms with Crippen molar-refractivity contribution in [2.75, 3.05) is 39.8 Å². The van der Waals surface area contributed by atoms with Crippen molar-refractivity contribution >= 4 is 0 Å². The van der Waals surface area contributed by atoms with Crippen LogP contribution in [0.15, 0.2) is 0 Å². The van der Waals surface area contributed by atoms with E-state index >= 15 is 0 Å². The van der Waals surface area contributed by atoms with Gasteiger partial charge in [0.2, 0.25) is 0 Å². The second kappa shape index (κ2) is 4.87. The third-order valence-corrected chi connectivity index (χ3v) is 5.35. The summed E-state index contributed by atoms with van der Waals surface area (Å²) >= 11 is 0. The van der Waals surface area contributed by atoms with Crippen molar-refractivity contribution in [3.8, 4) is 0 Å². The van der Waals surface area contributed by atoms with Crippen LogP contribution in [0.25, 0.3) is 0 Å². The number of likely N-dealkylation sites (N-methyl/N-ethyl adjacent to an activating group) is 1. The smallest absolute Gasteiger partial charge is 0.0383 e. The quantitative estimate of drug-likeness (QED) is 0.793. The maximum Gasteiger partial charge on any atom is 0.0383 e. The highest BCUT2D eigenvalue weighted by Crippen LogP contribution is 2.47. The zero-order valence-corrected chi connectivity index (χ0v) is 11.8. The van der Waals surface area contributed by atoms with Crippen LogP contribution in [0, 0.1) is 5.41 Å². The second-order valence-electron chi connectivity index (χ2n) is 6.62. The summed E-state index contributed by atoms with van der Waals surface area (Å²) in [6.45, 7) is 10.4. The van der Waals surface area contributed by atoms with E-state index in [1.54, 1.807) is 0 Å². The van der Waals surface area contributed by atoms with Gasteiger partial charge in [0.1, 0.15) is 0 Å². The van der Waals surface area contributed by atoms with E-state index in [9.17, 15) is 0 Å². The van der Waals surface area contributed by atoms with Crippen LogP contribution in [-0.4, -0.2) is 55.1 Å². The van der Waals surface area contributed by atoms with Gasteiger partial charge in [0.05, 0.1) is 0 Å². The lowest BCUT2D eigenvalue weighted by atomic mass is 9.62. The molecule has 3 heteroatoms. The van der Waals surface area contributed by atoms with Crippen LogP contribution in [0.5, 0.6) is 0 Å². The molecule has 3 nitrogen and oxygen atoms in total. The molecule has 2 rings (SSSR count). The molecule has 1 heterocycles. The Labute approximate surface area is 106 Å². The highest BCUT2D eigenvalue weighted by Gasteiger charge is 2.49. The van der Waals surface area contributed by atoms with Gasteiger partial charge in [0, 0.05) is 38.3 Å². The molecule has 1 aliphatic carbocycles. The Balaban J connectivity index is 2.17. The number of hydrogen-bond donors (Lipinski definition) is 1. The molecule has 1 atom stereocenters. The summed E-state index contributed by atoms with van der Waals surface area (Å²) in [6.07, 6.45) is 5.35. The summed E-state index contributed by atoms with van der Waals surface area (Å²) in [7, 11) is 2.22. The third-order valence-electron chi connectivity index (χ3n) is 5.35. The molecule has 0 bridgehead atoms. The van der Waals surface area contributed by atoms with E-state index in [2.05, 4.69) is 30.7 Å². The number of piperazine rings is 1. The van der Waals surface area contributed by atoms with Gasteiger partial charge in [-0.25, -0.2) is 0 Å². The Hall–Kier alpha value is -0.120. The van der Waals surface area contributed by atoms with Crippen LogP contribution in [0.4, 0.5) is 0 Å². The topological polar surface area (TPSA) is 32.5 Å². The van der Waals surface area contributed by atoms with Crippen molar-refractivity contribution in [1.82, 2.24) is 9.80 Å². The van der Waals surface area contributed by atoms with E-state index in [-0.39, 0.29) is 5.54 Å². The molecule has 2 aliphatic rings. The van der Waals surface area contributed by atoms with Gasteiger partial charge < -0.3 is 10.6 Å². The predicted molar refractivity (Wildman–Crippen MR) is 73.1 cm³/mol. The zero-order valence-electron chi connectivity index (χ0n) is 11.8. The van der Waals surface area contributed by atoms with Gasteiger partial charge >= 0.3 is 0 Å². The highest BCUT2D eigenvalue weighted by atomic mass is 15.3. The maximum atomic E-state index is 6.22. The fraction of sp³-hybridized carbons (Fsp3) is 1.00. The molecule has 0 aromatic rings. The van der Waals surface area contributed by atoms with E-state index in [0.29, 0.717) is 5.41 Å². The normalized spacial score (nSPS) is 36.0. The van der Waals surface area contributed by atoms with Gasteiger partial charge in [0.25, 0.3) is 0 Å². The average molecular weight is 239 g/mol. The minimum Gasteiger partial charge on any atom is -0.329 e. The monoisotopic (exact) mass is 239 g/mol. The number of hydrogen-bond acceptors (Lipinski definition) is 3. The summed E-state index contributed by atoms with van der Waals surface area (Å²) in [6, 6.07) is 0. The molecule has 1 saturated heterocycles. The largest absolute Gasteiger partial charge is 0.329 e. The van der Waals surface area contributed by atoms with Crippen molar-refractivity contribution in [2.24, 2.45) is 11.1 Å². The molecule has 0 aromatic heterocycles. The predicted octanol–water partition coefficient (Wildman–Crippen LogP) is 1.53. The van der Waals surface area contributed by atoms with E-state index in [0.717, 1.165) is 6.54 Å². The molecule has 1 unspecified atom stereocenters. The van der Waals surface area contributed by atoms with Gasteiger partial charge in [-0.3, -0.25) is 4.90 Å². The minimum absolute atomic E-state index is 0.256. The van der Waals surface area contributed by atoms with Crippen molar-refractivity contribution in [2.45, 2.75) is 45.1 Å². The van der Waals surface area contributed by atoms with Crippen LogP contribution in [0.2, 0.25) is 0 Å². The molecule has 1 aliphatic heterocycles. The van der Waals surface area contributed by atoms with Gasteiger partial charge in [-0.15, -0.1) is 0 Å². The molecule has 1 saturated carbocycles. The standard InChI is InChI=1S/C14H29N3/c1-13(2)6-4-5-7-14(13,12-15)17-10-8-16(3)9-11-17/h4-12,15H2,1-3H3. The molecule has 100 valence electrons. The van der Waals surface area contributed by atoms with Crippen molar-refractivity contribution in [3.05, 3.63) is 0 Å². The molecular weight excluding hydrogens is 210 g/mol. The lowest BCUT2D eigenvalue weighted by Gasteiger charge is -2.57. The van der Waals surface area contributed by atoms with Crippen LogP contribution >= 0.6 is 0 Å². The molecule has 0 amide bonds. The fourth-order valence-electron chi connectivity index (χ4n) is 3.88. The first-order valence-corrected chi connectivity index (χ1v) is 7.15. The first-order valence-electron chi connectivity index (χ1n) is 7.15. The summed E-state index contributed by atoms with van der Waals surface area (Å²) in [5, 5.41) is 0. The Morgan fingerprint density at radius 2 is 1.59 bits per heavy atom. The van der Waals surface area contributed by atoms with Gasteiger partial charge in [0.15, 0.2) is 0 Å². The second-order valence-corrected chi connectivity index (χ2v) is 6.62. The van der Waals surface area contributed by atoms with Crippen LogP contribution in [-0.2, 0) is 0 Å². The van der Waals surface area contributed by atoms with E-state index in [4.69, 9.17) is 5.73 Å². The summed E-state index contributed by atoms with van der Waals surface area (Å²) in [5.41, 5.74) is 6.85. The van der Waals surface area contributed by atoms with Crippen molar-refractivity contribution in [1.29, 1.82) is 0 Å². The zero-order chi connectivity index (χ0) is 12.5. The van der Waals surface area contributed by atoms with Gasteiger partial charge in [-0.2, -0.15) is 0 Å². The molecule has 0 radical (unpaired) electrons. The van der Waals surface area contributed by atoms with Crippen LogP contribution in [0.1, 0.15) is 39.5 Å². The number of nitrogens with zero attached hydrogens (tertiary/aromatic N) is 2. The molecule has 2 N–H and O–H groups in total. The Bertz CT molecular complexity index is 256. The van der Waals surface area contributed by atoms with Crippen LogP contribution < -0.4 is 5.73 Å². The Kier molecular flexibility index (Phi) is 3.81. The lowest BCUT2D eigenvalue weighted by molar-refractivity contribution is -0.0621. The summed E-state index contributed by atoms with van der Waals surface area (Å²) in [5.74, 6) is 0. The SMILES string of the molecule is CN1CCN(C2(CN)CCCCC2(C)C)CC1. The Morgan fingerprint density at radius 3 is 2.12 bits per heavy atom. The Morgan fingerprint density at radius 1 is 1.00 bits per heavy atom. The fourth-order valence-corrected chi connectivity index (χ4v) is 3.88. The van der Waals surface area contributed by atoms with Crippen molar-refractivity contribution in [3.63, 3.8) is 0 Å². The van der Waals surface area contributed by atoms with Gasteiger partial charge in [-0.05, 0) is 25.3 Å². The average Bonchev–Trinajstić information content (AvgIpc) is 2.30.